The molecule has 0 atom stereocenters. The Morgan fingerprint density at radius 3 is 2.78 bits per heavy atom. The number of methoxy groups -OCH3 is 1. The number of carbonyl (C=O) groups excluding carboxylic acids is 1. The van der Waals surface area contributed by atoms with E-state index in [1.165, 1.54) is 13.3 Å². The summed E-state index contributed by atoms with van der Waals surface area (Å²) in [5.41, 5.74) is 7.43. The van der Waals surface area contributed by atoms with Crippen LogP contribution in [0.1, 0.15) is 15.9 Å². The van der Waals surface area contributed by atoms with Crippen molar-refractivity contribution in [2.75, 3.05) is 12.8 Å². The molecule has 0 aliphatic carbocycles. The summed E-state index contributed by atoms with van der Waals surface area (Å²) >= 11 is 0. The van der Waals surface area contributed by atoms with E-state index in [2.05, 4.69) is 19.7 Å². The molecule has 0 radical (unpaired) electrons. The summed E-state index contributed by atoms with van der Waals surface area (Å²) < 4.78 is 4.57. The molecule has 0 unspecified atom stereocenters. The van der Waals surface area contributed by atoms with Gasteiger partial charge in [-0.1, -0.05) is 6.07 Å². The van der Waals surface area contributed by atoms with Crippen LogP contribution in [0.5, 0.6) is 0 Å². The molecule has 0 saturated heterocycles. The van der Waals surface area contributed by atoms with Gasteiger partial charge in [0.15, 0.2) is 5.82 Å². The zero-order valence-electron chi connectivity index (χ0n) is 10.0. The van der Waals surface area contributed by atoms with Crippen molar-refractivity contribution >= 4 is 11.8 Å². The van der Waals surface area contributed by atoms with Crippen LogP contribution in [0.15, 0.2) is 24.5 Å². The highest BCUT2D eigenvalue weighted by Crippen LogP contribution is 2.18. The van der Waals surface area contributed by atoms with Crippen LogP contribution in [0.25, 0.3) is 11.5 Å². The van der Waals surface area contributed by atoms with E-state index >= 15 is 0 Å². The van der Waals surface area contributed by atoms with Crippen molar-refractivity contribution in [3.05, 3.63) is 35.7 Å². The van der Waals surface area contributed by atoms with Crippen molar-refractivity contribution in [3.63, 3.8) is 0 Å². The monoisotopic (exact) mass is 244 g/mol. The van der Waals surface area contributed by atoms with Gasteiger partial charge in [-0.3, -0.25) is 4.98 Å². The van der Waals surface area contributed by atoms with E-state index in [9.17, 15) is 4.79 Å². The third-order valence-electron chi connectivity index (χ3n) is 2.44. The topological polar surface area (TPSA) is 91.0 Å². The fourth-order valence-electron chi connectivity index (χ4n) is 1.50. The lowest BCUT2D eigenvalue weighted by molar-refractivity contribution is 0.0601. The number of hydrogen-bond donors (Lipinski definition) is 1. The van der Waals surface area contributed by atoms with Crippen LogP contribution >= 0.6 is 0 Å². The number of aryl methyl sites for hydroxylation is 1. The Bertz CT molecular complexity index is 598. The number of carbonyl (C=O) groups is 1. The summed E-state index contributed by atoms with van der Waals surface area (Å²) in [6, 6.07) is 3.72. The van der Waals surface area contributed by atoms with Gasteiger partial charge in [0.1, 0.15) is 17.1 Å². The zero-order valence-corrected chi connectivity index (χ0v) is 10.0. The SMILES string of the molecule is COC(=O)c1cnc(-c2ncccc2C)nc1N. The molecule has 0 aliphatic rings. The van der Waals surface area contributed by atoms with Gasteiger partial charge in [0.05, 0.1) is 7.11 Å². The van der Waals surface area contributed by atoms with Crippen molar-refractivity contribution in [3.8, 4) is 11.5 Å². The second-order valence-corrected chi connectivity index (χ2v) is 3.65. The predicted molar refractivity (Wildman–Crippen MR) is 65.8 cm³/mol. The molecule has 2 aromatic rings. The number of esters is 1. The minimum atomic E-state index is -0.559. The van der Waals surface area contributed by atoms with Gasteiger partial charge in [0, 0.05) is 12.4 Å². The van der Waals surface area contributed by atoms with Gasteiger partial charge in [0.25, 0.3) is 0 Å². The van der Waals surface area contributed by atoms with Crippen molar-refractivity contribution in [1.29, 1.82) is 0 Å². The van der Waals surface area contributed by atoms with E-state index in [4.69, 9.17) is 5.73 Å². The van der Waals surface area contributed by atoms with Crippen molar-refractivity contribution < 1.29 is 9.53 Å². The van der Waals surface area contributed by atoms with Crippen molar-refractivity contribution in [2.45, 2.75) is 6.92 Å². The van der Waals surface area contributed by atoms with Crippen LogP contribution < -0.4 is 5.73 Å². The first-order valence-corrected chi connectivity index (χ1v) is 5.26. The van der Waals surface area contributed by atoms with E-state index in [-0.39, 0.29) is 11.4 Å². The Morgan fingerprint density at radius 2 is 2.17 bits per heavy atom. The Morgan fingerprint density at radius 1 is 1.39 bits per heavy atom. The molecule has 92 valence electrons. The molecule has 0 aromatic carbocycles. The maximum absolute atomic E-state index is 11.4. The Kier molecular flexibility index (Phi) is 3.18. The average Bonchev–Trinajstić information content (AvgIpc) is 2.38. The summed E-state index contributed by atoms with van der Waals surface area (Å²) in [7, 11) is 1.28. The van der Waals surface area contributed by atoms with Gasteiger partial charge in [-0.25, -0.2) is 14.8 Å². The van der Waals surface area contributed by atoms with Crippen molar-refractivity contribution in [1.82, 2.24) is 15.0 Å². The number of hydrogen-bond acceptors (Lipinski definition) is 6. The summed E-state index contributed by atoms with van der Waals surface area (Å²) in [4.78, 5) is 23.7. The van der Waals surface area contributed by atoms with E-state index < -0.39 is 5.97 Å². The summed E-state index contributed by atoms with van der Waals surface area (Å²) in [5, 5.41) is 0. The first kappa shape index (κ1) is 12.0. The zero-order chi connectivity index (χ0) is 13.1. The van der Waals surface area contributed by atoms with Gasteiger partial charge in [-0.05, 0) is 18.6 Å². The molecule has 18 heavy (non-hydrogen) atoms. The Labute approximate surface area is 104 Å². The minimum absolute atomic E-state index is 0.0805. The summed E-state index contributed by atoms with van der Waals surface area (Å²) in [6.45, 7) is 1.90. The second-order valence-electron chi connectivity index (χ2n) is 3.65. The minimum Gasteiger partial charge on any atom is -0.465 e. The maximum Gasteiger partial charge on any atom is 0.343 e. The number of aromatic nitrogens is 3. The lowest BCUT2D eigenvalue weighted by Gasteiger charge is -2.06. The molecule has 2 heterocycles. The van der Waals surface area contributed by atoms with E-state index in [1.807, 2.05) is 19.1 Å². The van der Waals surface area contributed by atoms with Gasteiger partial charge < -0.3 is 10.5 Å². The highest BCUT2D eigenvalue weighted by Gasteiger charge is 2.14. The lowest BCUT2D eigenvalue weighted by Crippen LogP contribution is -2.09. The van der Waals surface area contributed by atoms with Gasteiger partial charge >= 0.3 is 5.97 Å². The van der Waals surface area contributed by atoms with Gasteiger partial charge in [0.2, 0.25) is 0 Å². The molecular weight excluding hydrogens is 232 g/mol. The van der Waals surface area contributed by atoms with E-state index in [1.54, 1.807) is 6.20 Å². The summed E-state index contributed by atoms with van der Waals surface area (Å²) in [5.74, 6) is -0.0908. The smallest absolute Gasteiger partial charge is 0.343 e. The summed E-state index contributed by atoms with van der Waals surface area (Å²) in [6.07, 6.45) is 2.99. The number of pyridine rings is 1. The standard InChI is InChI=1S/C12H12N4O2/c1-7-4-3-5-14-9(7)11-15-6-8(10(13)16-11)12(17)18-2/h3-6H,1-2H3,(H2,13,15,16). The normalized spacial score (nSPS) is 10.1. The quantitative estimate of drug-likeness (QED) is 0.798. The molecule has 0 amide bonds. The fraction of sp³-hybridized carbons (Fsp3) is 0.167. The number of rotatable bonds is 2. The highest BCUT2D eigenvalue weighted by molar-refractivity contribution is 5.93. The number of nitrogens with zero attached hydrogens (tertiary/aromatic N) is 3. The number of nitrogens with two attached hydrogens (primary N) is 1. The van der Waals surface area contributed by atoms with Crippen LogP contribution in [0.3, 0.4) is 0 Å². The molecule has 0 aliphatic heterocycles. The predicted octanol–water partition coefficient (Wildman–Crippen LogP) is 1.22. The van der Waals surface area contributed by atoms with Gasteiger partial charge in [-0.15, -0.1) is 0 Å². The third kappa shape index (κ3) is 2.13. The van der Waals surface area contributed by atoms with Crippen molar-refractivity contribution in [2.24, 2.45) is 0 Å². The highest BCUT2D eigenvalue weighted by atomic mass is 16.5. The molecule has 0 bridgehead atoms. The average molecular weight is 244 g/mol. The molecule has 6 heteroatoms. The number of ether oxygens (including phenoxy) is 1. The van der Waals surface area contributed by atoms with Crippen LogP contribution in [-0.4, -0.2) is 28.0 Å². The number of nitrogen functional groups attached to an aromatic ring is 1. The molecule has 0 saturated carbocycles. The Balaban J connectivity index is 2.47. The fourth-order valence-corrected chi connectivity index (χ4v) is 1.50. The molecule has 2 aromatic heterocycles. The molecule has 0 fully saturated rings. The molecule has 6 nitrogen and oxygen atoms in total. The second kappa shape index (κ2) is 4.79. The van der Waals surface area contributed by atoms with E-state index in [0.29, 0.717) is 11.5 Å². The largest absolute Gasteiger partial charge is 0.465 e. The molecular formula is C12H12N4O2. The Hall–Kier alpha value is -2.50. The van der Waals surface area contributed by atoms with Crippen LogP contribution in [0, 0.1) is 6.92 Å². The molecule has 0 spiro atoms. The third-order valence-corrected chi connectivity index (χ3v) is 2.44. The molecule has 2 rings (SSSR count). The van der Waals surface area contributed by atoms with Crippen LogP contribution in [0.2, 0.25) is 0 Å². The first-order chi connectivity index (χ1) is 8.63. The lowest BCUT2D eigenvalue weighted by atomic mass is 10.2. The number of anilines is 1. The van der Waals surface area contributed by atoms with Crippen LogP contribution in [0.4, 0.5) is 5.82 Å². The van der Waals surface area contributed by atoms with Crippen LogP contribution in [-0.2, 0) is 4.74 Å². The first-order valence-electron chi connectivity index (χ1n) is 5.26. The van der Waals surface area contributed by atoms with E-state index in [0.717, 1.165) is 5.56 Å². The van der Waals surface area contributed by atoms with Gasteiger partial charge in [-0.2, -0.15) is 0 Å². The maximum atomic E-state index is 11.4. The molecule has 2 N–H and O–H groups in total.